The first kappa shape index (κ1) is 9.25. The number of rotatable bonds is 3. The van der Waals surface area contributed by atoms with Crippen molar-refractivity contribution < 1.29 is 9.90 Å². The Morgan fingerprint density at radius 2 is 2.00 bits per heavy atom. The fourth-order valence-corrected chi connectivity index (χ4v) is 0.863. The summed E-state index contributed by atoms with van der Waals surface area (Å²) in [5.41, 5.74) is 6.04. The minimum Gasteiger partial charge on any atom is -0.481 e. The molecule has 3 N–H and O–H groups in total. The molecule has 1 aromatic carbocycles. The van der Waals surface area contributed by atoms with E-state index >= 15 is 0 Å². The molecule has 0 saturated carbocycles. The number of aliphatic carboxylic acids is 1. The molecule has 0 aliphatic heterocycles. The van der Waals surface area contributed by atoms with Gasteiger partial charge in [-0.2, -0.15) is 0 Å². The van der Waals surface area contributed by atoms with Gasteiger partial charge in [-0.3, -0.25) is 4.79 Å². The molecule has 0 atom stereocenters. The van der Waals surface area contributed by atoms with Crippen LogP contribution in [0, 0.1) is 0 Å². The predicted octanol–water partition coefficient (Wildman–Crippen LogP) is 1.15. The van der Waals surface area contributed by atoms with Gasteiger partial charge in [-0.1, -0.05) is 18.2 Å². The number of nitrogens with two attached hydrogens (primary N) is 1. The highest BCUT2D eigenvalue weighted by Gasteiger charge is 2.00. The molecule has 0 unspecified atom stereocenters. The van der Waals surface area contributed by atoms with Gasteiger partial charge in [0.15, 0.2) is 0 Å². The Labute approximate surface area is 75.7 Å². The molecule has 0 amide bonds. The molecule has 4 heteroatoms. The number of amidine groups is 1. The van der Waals surface area contributed by atoms with Crippen LogP contribution in [0.15, 0.2) is 35.3 Å². The first-order valence-corrected chi connectivity index (χ1v) is 3.78. The summed E-state index contributed by atoms with van der Waals surface area (Å²) in [4.78, 5) is 14.2. The maximum absolute atomic E-state index is 10.2. The summed E-state index contributed by atoms with van der Waals surface area (Å²) in [5, 5.41) is 8.40. The lowest BCUT2D eigenvalue weighted by atomic mass is 10.3. The van der Waals surface area contributed by atoms with E-state index in [2.05, 4.69) is 4.99 Å². The molecule has 0 aromatic heterocycles. The van der Waals surface area contributed by atoms with Crippen molar-refractivity contribution >= 4 is 17.5 Å². The Kier molecular flexibility index (Phi) is 3.03. The van der Waals surface area contributed by atoms with Crippen molar-refractivity contribution in [1.29, 1.82) is 0 Å². The van der Waals surface area contributed by atoms with E-state index in [4.69, 9.17) is 10.8 Å². The number of hydrogen-bond donors (Lipinski definition) is 2. The van der Waals surface area contributed by atoms with E-state index in [0.29, 0.717) is 5.69 Å². The highest BCUT2D eigenvalue weighted by Crippen LogP contribution is 2.09. The molecule has 0 spiro atoms. The van der Waals surface area contributed by atoms with E-state index in [1.54, 1.807) is 12.1 Å². The Morgan fingerprint density at radius 1 is 1.38 bits per heavy atom. The van der Waals surface area contributed by atoms with Gasteiger partial charge in [0.1, 0.15) is 12.3 Å². The van der Waals surface area contributed by atoms with Gasteiger partial charge in [-0.25, -0.2) is 4.99 Å². The first-order valence-electron chi connectivity index (χ1n) is 3.78. The van der Waals surface area contributed by atoms with Crippen LogP contribution in [0.5, 0.6) is 0 Å². The molecule has 0 fully saturated rings. The van der Waals surface area contributed by atoms with E-state index < -0.39 is 5.97 Å². The summed E-state index contributed by atoms with van der Waals surface area (Å²) in [7, 11) is 0. The Morgan fingerprint density at radius 3 is 2.54 bits per heavy atom. The smallest absolute Gasteiger partial charge is 0.310 e. The second kappa shape index (κ2) is 4.25. The van der Waals surface area contributed by atoms with Crippen LogP contribution in [0.3, 0.4) is 0 Å². The molecule has 0 heterocycles. The molecule has 0 aliphatic carbocycles. The summed E-state index contributed by atoms with van der Waals surface area (Å²) in [6.45, 7) is 0. The number of benzene rings is 1. The van der Waals surface area contributed by atoms with Crippen molar-refractivity contribution in [1.82, 2.24) is 0 Å². The van der Waals surface area contributed by atoms with Gasteiger partial charge in [0.05, 0.1) is 5.69 Å². The second-order valence-corrected chi connectivity index (χ2v) is 2.51. The fraction of sp³-hybridized carbons (Fsp3) is 0.111. The zero-order chi connectivity index (χ0) is 9.68. The van der Waals surface area contributed by atoms with Crippen molar-refractivity contribution in [3.05, 3.63) is 30.3 Å². The number of carboxylic acid groups (broad SMARTS) is 1. The summed E-state index contributed by atoms with van der Waals surface area (Å²) in [6, 6.07) is 9.00. The van der Waals surface area contributed by atoms with Crippen LogP contribution in [-0.4, -0.2) is 16.9 Å². The molecular weight excluding hydrogens is 168 g/mol. The molecular formula is C9H10N2O2. The van der Waals surface area contributed by atoms with E-state index in [1.165, 1.54) is 0 Å². The average Bonchev–Trinajstić information content (AvgIpc) is 2.04. The maximum atomic E-state index is 10.2. The summed E-state index contributed by atoms with van der Waals surface area (Å²) >= 11 is 0. The van der Waals surface area contributed by atoms with Gasteiger partial charge in [-0.15, -0.1) is 0 Å². The quantitative estimate of drug-likeness (QED) is 0.538. The molecule has 13 heavy (non-hydrogen) atoms. The molecule has 4 nitrogen and oxygen atoms in total. The van der Waals surface area contributed by atoms with Gasteiger partial charge in [0.2, 0.25) is 0 Å². The molecule has 1 rings (SSSR count). The van der Waals surface area contributed by atoms with E-state index in [0.717, 1.165) is 0 Å². The fourth-order valence-electron chi connectivity index (χ4n) is 0.863. The maximum Gasteiger partial charge on any atom is 0.310 e. The Bertz CT molecular complexity index is 320. The zero-order valence-electron chi connectivity index (χ0n) is 6.97. The minimum absolute atomic E-state index is 0.110. The zero-order valence-corrected chi connectivity index (χ0v) is 6.97. The van der Waals surface area contributed by atoms with E-state index in [-0.39, 0.29) is 12.3 Å². The van der Waals surface area contributed by atoms with Crippen molar-refractivity contribution in [2.75, 3.05) is 0 Å². The molecule has 68 valence electrons. The number of carbonyl (C=O) groups is 1. The van der Waals surface area contributed by atoms with Gasteiger partial charge in [-0.05, 0) is 12.1 Å². The highest BCUT2D eigenvalue weighted by molar-refractivity contribution is 5.97. The third-order valence-electron chi connectivity index (χ3n) is 1.36. The van der Waals surface area contributed by atoms with Crippen LogP contribution in [0.1, 0.15) is 6.42 Å². The molecule has 0 aliphatic rings. The van der Waals surface area contributed by atoms with Crippen LogP contribution in [-0.2, 0) is 4.79 Å². The monoisotopic (exact) mass is 178 g/mol. The largest absolute Gasteiger partial charge is 0.481 e. The summed E-state index contributed by atoms with van der Waals surface area (Å²) < 4.78 is 0. The molecule has 0 bridgehead atoms. The van der Waals surface area contributed by atoms with Crippen LogP contribution in [0.2, 0.25) is 0 Å². The number of para-hydroxylation sites is 1. The highest BCUT2D eigenvalue weighted by atomic mass is 16.4. The summed E-state index contributed by atoms with van der Waals surface area (Å²) in [5.74, 6) is -0.865. The van der Waals surface area contributed by atoms with E-state index in [9.17, 15) is 4.79 Å². The number of hydrogen-bond acceptors (Lipinski definition) is 2. The Balaban J connectivity index is 2.71. The molecule has 0 saturated heterocycles. The lowest BCUT2D eigenvalue weighted by Gasteiger charge is -1.96. The van der Waals surface area contributed by atoms with Crippen molar-refractivity contribution in [3.8, 4) is 0 Å². The standard InChI is InChI=1S/C9H10N2O2/c10-8(6-9(12)13)11-7-4-2-1-3-5-7/h1-5H,6H2,(H2,10,11)(H,12,13). The van der Waals surface area contributed by atoms with Crippen LogP contribution < -0.4 is 5.73 Å². The van der Waals surface area contributed by atoms with Gasteiger partial charge in [0, 0.05) is 0 Å². The third kappa shape index (κ3) is 3.37. The topological polar surface area (TPSA) is 75.7 Å². The van der Waals surface area contributed by atoms with Crippen LogP contribution in [0.25, 0.3) is 0 Å². The second-order valence-electron chi connectivity index (χ2n) is 2.51. The lowest BCUT2D eigenvalue weighted by molar-refractivity contribution is -0.135. The van der Waals surface area contributed by atoms with Gasteiger partial charge >= 0.3 is 5.97 Å². The third-order valence-corrected chi connectivity index (χ3v) is 1.36. The number of carboxylic acids is 1. The lowest BCUT2D eigenvalue weighted by Crippen LogP contribution is -2.15. The first-order chi connectivity index (χ1) is 6.18. The van der Waals surface area contributed by atoms with Crippen LogP contribution >= 0.6 is 0 Å². The number of nitrogens with zero attached hydrogens (tertiary/aromatic N) is 1. The summed E-state index contributed by atoms with van der Waals surface area (Å²) in [6.07, 6.45) is -0.227. The van der Waals surface area contributed by atoms with Crippen molar-refractivity contribution in [2.24, 2.45) is 10.7 Å². The van der Waals surface area contributed by atoms with E-state index in [1.807, 2.05) is 18.2 Å². The predicted molar refractivity (Wildman–Crippen MR) is 50.0 cm³/mol. The molecule has 1 aromatic rings. The number of aliphatic imine (C=N–C) groups is 1. The van der Waals surface area contributed by atoms with Crippen molar-refractivity contribution in [2.45, 2.75) is 6.42 Å². The molecule has 0 radical (unpaired) electrons. The van der Waals surface area contributed by atoms with Gasteiger partial charge < -0.3 is 10.8 Å². The average molecular weight is 178 g/mol. The normalized spacial score (nSPS) is 11.2. The minimum atomic E-state index is -0.975. The van der Waals surface area contributed by atoms with Crippen molar-refractivity contribution in [3.63, 3.8) is 0 Å². The van der Waals surface area contributed by atoms with Gasteiger partial charge in [0.25, 0.3) is 0 Å². The van der Waals surface area contributed by atoms with Crippen LogP contribution in [0.4, 0.5) is 5.69 Å². The Hall–Kier alpha value is -1.84. The SMILES string of the molecule is NC(CC(=O)O)=Nc1ccccc1.